The Morgan fingerprint density at radius 2 is 1.96 bits per heavy atom. The van der Waals surface area contributed by atoms with Gasteiger partial charge in [-0.15, -0.1) is 24.0 Å². The van der Waals surface area contributed by atoms with Gasteiger partial charge in [0.25, 0.3) is 0 Å². The second kappa shape index (κ2) is 13.3. The van der Waals surface area contributed by atoms with E-state index in [1.165, 1.54) is 6.07 Å². The molecule has 1 rings (SSSR count). The van der Waals surface area contributed by atoms with Crippen LogP contribution in [0.5, 0.6) is 0 Å². The number of hydrogen-bond acceptors (Lipinski definition) is 2. The van der Waals surface area contributed by atoms with Crippen LogP contribution in [0.1, 0.15) is 39.2 Å². The summed E-state index contributed by atoms with van der Waals surface area (Å²) in [4.78, 5) is 9.09. The topological polar surface area (TPSA) is 30.9 Å². The molecular weight excluding hydrogens is 430 g/mol. The minimum atomic E-state index is -0.197. The molecule has 0 heterocycles. The number of guanidine groups is 1. The Morgan fingerprint density at radius 3 is 2.56 bits per heavy atom. The van der Waals surface area contributed by atoms with E-state index >= 15 is 0 Å². The Morgan fingerprint density at radius 1 is 1.24 bits per heavy atom. The minimum Gasteiger partial charge on any atom is -0.357 e. The number of nitrogens with zero attached hydrogens (tertiary/aromatic N) is 3. The van der Waals surface area contributed by atoms with Crippen LogP contribution in [0, 0.1) is 5.82 Å². The van der Waals surface area contributed by atoms with Crippen LogP contribution in [0.3, 0.4) is 0 Å². The average molecular weight is 464 g/mol. The van der Waals surface area contributed by atoms with Crippen molar-refractivity contribution in [3.8, 4) is 0 Å². The molecule has 0 bridgehead atoms. The fourth-order valence-electron chi connectivity index (χ4n) is 2.37. The standard InChI is InChI=1S/C19H33FN4.HI/c1-6-21-19(22-12-7-8-13-23(4)16(2)3)24(5)15-17-10-9-11-18(20)14-17;/h9-11,14,16H,6-8,12-13,15H2,1-5H3,(H,21,22);1H. The number of unbranched alkanes of at least 4 members (excludes halogenated alkanes) is 1. The van der Waals surface area contributed by atoms with Crippen molar-refractivity contribution in [3.05, 3.63) is 35.6 Å². The van der Waals surface area contributed by atoms with E-state index < -0.39 is 0 Å². The third-order valence-corrected chi connectivity index (χ3v) is 4.07. The van der Waals surface area contributed by atoms with Gasteiger partial charge in [-0.25, -0.2) is 4.39 Å². The molecule has 0 spiro atoms. The first-order chi connectivity index (χ1) is 11.4. The molecule has 0 aromatic heterocycles. The van der Waals surface area contributed by atoms with Gasteiger partial charge in [-0.1, -0.05) is 12.1 Å². The predicted octanol–water partition coefficient (Wildman–Crippen LogP) is 3.96. The maximum Gasteiger partial charge on any atom is 0.193 e. The summed E-state index contributed by atoms with van der Waals surface area (Å²) in [6.45, 7) is 9.85. The van der Waals surface area contributed by atoms with Crippen LogP contribution in [-0.2, 0) is 6.54 Å². The lowest BCUT2D eigenvalue weighted by molar-refractivity contribution is 0.269. The number of nitrogens with one attached hydrogen (secondary N) is 1. The molecule has 144 valence electrons. The molecule has 0 aliphatic carbocycles. The van der Waals surface area contributed by atoms with E-state index in [2.05, 4.69) is 38.0 Å². The quantitative estimate of drug-likeness (QED) is 0.260. The zero-order chi connectivity index (χ0) is 17.9. The Hall–Kier alpha value is -0.890. The first-order valence-electron chi connectivity index (χ1n) is 8.88. The molecule has 6 heteroatoms. The average Bonchev–Trinajstić information content (AvgIpc) is 2.53. The number of halogens is 2. The van der Waals surface area contributed by atoms with Crippen molar-refractivity contribution in [3.63, 3.8) is 0 Å². The predicted molar refractivity (Wildman–Crippen MR) is 116 cm³/mol. The second-order valence-electron chi connectivity index (χ2n) is 6.50. The van der Waals surface area contributed by atoms with Crippen LogP contribution >= 0.6 is 24.0 Å². The van der Waals surface area contributed by atoms with Crippen LogP contribution in [0.15, 0.2) is 29.3 Å². The van der Waals surface area contributed by atoms with Crippen molar-refractivity contribution in [2.24, 2.45) is 4.99 Å². The summed E-state index contributed by atoms with van der Waals surface area (Å²) in [5.74, 6) is 0.677. The second-order valence-corrected chi connectivity index (χ2v) is 6.50. The minimum absolute atomic E-state index is 0. The molecule has 0 atom stereocenters. The fourth-order valence-corrected chi connectivity index (χ4v) is 2.37. The Kier molecular flexibility index (Phi) is 12.9. The van der Waals surface area contributed by atoms with Gasteiger partial charge in [-0.2, -0.15) is 0 Å². The molecule has 0 saturated carbocycles. The summed E-state index contributed by atoms with van der Waals surface area (Å²) in [6.07, 6.45) is 2.21. The third kappa shape index (κ3) is 9.99. The molecule has 0 saturated heterocycles. The van der Waals surface area contributed by atoms with Crippen molar-refractivity contribution in [2.45, 2.75) is 46.2 Å². The lowest BCUT2D eigenvalue weighted by atomic mass is 10.2. The summed E-state index contributed by atoms with van der Waals surface area (Å²) >= 11 is 0. The summed E-state index contributed by atoms with van der Waals surface area (Å²) in [7, 11) is 4.14. The van der Waals surface area contributed by atoms with Gasteiger partial charge in [0, 0.05) is 32.7 Å². The van der Waals surface area contributed by atoms with Crippen molar-refractivity contribution in [1.29, 1.82) is 0 Å². The van der Waals surface area contributed by atoms with Crippen LogP contribution in [0.25, 0.3) is 0 Å². The first-order valence-corrected chi connectivity index (χ1v) is 8.88. The van der Waals surface area contributed by atoms with E-state index in [0.717, 1.165) is 44.0 Å². The van der Waals surface area contributed by atoms with E-state index in [4.69, 9.17) is 4.99 Å². The molecule has 0 unspecified atom stereocenters. The van der Waals surface area contributed by atoms with Crippen LogP contribution < -0.4 is 5.32 Å². The number of hydrogen-bond donors (Lipinski definition) is 1. The number of rotatable bonds is 9. The molecule has 1 aromatic rings. The maximum atomic E-state index is 13.3. The number of benzene rings is 1. The Labute approximate surface area is 169 Å². The van der Waals surface area contributed by atoms with Gasteiger partial charge in [-0.3, -0.25) is 4.99 Å². The van der Waals surface area contributed by atoms with Gasteiger partial charge in [0.05, 0.1) is 0 Å². The first kappa shape index (κ1) is 24.1. The molecule has 1 aromatic carbocycles. The Balaban J connectivity index is 0.00000576. The highest BCUT2D eigenvalue weighted by atomic mass is 127. The highest BCUT2D eigenvalue weighted by Crippen LogP contribution is 2.06. The van der Waals surface area contributed by atoms with Gasteiger partial charge in [0.1, 0.15) is 5.82 Å². The lowest BCUT2D eigenvalue weighted by Gasteiger charge is -2.22. The number of aliphatic imine (C=N–C) groups is 1. The normalized spacial score (nSPS) is 11.6. The van der Waals surface area contributed by atoms with E-state index in [1.807, 2.05) is 18.0 Å². The molecule has 1 N–H and O–H groups in total. The van der Waals surface area contributed by atoms with Crippen molar-refractivity contribution < 1.29 is 4.39 Å². The lowest BCUT2D eigenvalue weighted by Crippen LogP contribution is -2.38. The molecule has 25 heavy (non-hydrogen) atoms. The van der Waals surface area contributed by atoms with Gasteiger partial charge in [0.2, 0.25) is 0 Å². The Bertz CT molecular complexity index is 508. The van der Waals surface area contributed by atoms with E-state index in [0.29, 0.717) is 12.6 Å². The highest BCUT2D eigenvalue weighted by Gasteiger charge is 2.07. The summed E-state index contributed by atoms with van der Waals surface area (Å²) in [5, 5.41) is 3.31. The zero-order valence-electron chi connectivity index (χ0n) is 16.3. The van der Waals surface area contributed by atoms with Crippen LogP contribution in [-0.4, -0.2) is 55.5 Å². The molecule has 4 nitrogen and oxygen atoms in total. The van der Waals surface area contributed by atoms with Crippen LogP contribution in [0.4, 0.5) is 4.39 Å². The van der Waals surface area contributed by atoms with Gasteiger partial charge >= 0.3 is 0 Å². The largest absolute Gasteiger partial charge is 0.357 e. The van der Waals surface area contributed by atoms with Gasteiger partial charge in [0.15, 0.2) is 5.96 Å². The highest BCUT2D eigenvalue weighted by molar-refractivity contribution is 14.0. The molecular formula is C19H34FIN4. The molecule has 0 amide bonds. The molecule has 0 fully saturated rings. The van der Waals surface area contributed by atoms with Crippen molar-refractivity contribution in [1.82, 2.24) is 15.1 Å². The third-order valence-electron chi connectivity index (χ3n) is 4.07. The zero-order valence-corrected chi connectivity index (χ0v) is 18.6. The van der Waals surface area contributed by atoms with Gasteiger partial charge in [-0.05, 0) is 64.9 Å². The monoisotopic (exact) mass is 464 g/mol. The fraction of sp³-hybridized carbons (Fsp3) is 0.632. The van der Waals surface area contributed by atoms with Crippen molar-refractivity contribution >= 4 is 29.9 Å². The smallest absolute Gasteiger partial charge is 0.193 e. The maximum absolute atomic E-state index is 13.3. The molecule has 0 radical (unpaired) electrons. The summed E-state index contributed by atoms with van der Waals surface area (Å²) in [5.41, 5.74) is 0.946. The van der Waals surface area contributed by atoms with E-state index in [9.17, 15) is 4.39 Å². The van der Waals surface area contributed by atoms with Gasteiger partial charge < -0.3 is 15.1 Å². The van der Waals surface area contributed by atoms with E-state index in [1.54, 1.807) is 12.1 Å². The SMILES string of the molecule is CCNC(=NCCCCN(C)C(C)C)N(C)Cc1cccc(F)c1.I. The molecule has 0 aliphatic heterocycles. The summed E-state index contributed by atoms with van der Waals surface area (Å²) in [6, 6.07) is 7.31. The van der Waals surface area contributed by atoms with E-state index in [-0.39, 0.29) is 29.8 Å². The van der Waals surface area contributed by atoms with Crippen LogP contribution in [0.2, 0.25) is 0 Å². The van der Waals surface area contributed by atoms with Crippen molar-refractivity contribution in [2.75, 3.05) is 33.7 Å². The molecule has 0 aliphatic rings. The summed E-state index contributed by atoms with van der Waals surface area (Å²) < 4.78 is 13.3.